The molecule has 2 rings (SSSR count). The van der Waals surface area contributed by atoms with Crippen LogP contribution in [0, 0.1) is 6.92 Å². The summed E-state index contributed by atoms with van der Waals surface area (Å²) in [5.74, 6) is 0.737. The van der Waals surface area contributed by atoms with E-state index < -0.39 is 6.10 Å². The quantitative estimate of drug-likeness (QED) is 0.769. The molecule has 0 radical (unpaired) electrons. The molecule has 0 saturated heterocycles. The Labute approximate surface area is 133 Å². The van der Waals surface area contributed by atoms with Crippen LogP contribution in [0.5, 0.6) is 5.75 Å². The van der Waals surface area contributed by atoms with Crippen LogP contribution in [0.15, 0.2) is 32.5 Å². The first-order valence-corrected chi connectivity index (χ1v) is 8.29. The number of hydrogen-bond donors (Lipinski definition) is 1. The van der Waals surface area contributed by atoms with Gasteiger partial charge >= 0.3 is 0 Å². The maximum absolute atomic E-state index is 10.6. The van der Waals surface area contributed by atoms with Crippen molar-refractivity contribution in [3.8, 4) is 5.75 Å². The zero-order valence-electron chi connectivity index (χ0n) is 10.6. The highest BCUT2D eigenvalue weighted by Gasteiger charge is 2.19. The lowest BCUT2D eigenvalue weighted by molar-refractivity contribution is 0.215. The Hall–Kier alpha value is -0.360. The summed E-state index contributed by atoms with van der Waals surface area (Å²) < 4.78 is 7.53. The van der Waals surface area contributed by atoms with Crippen LogP contribution < -0.4 is 4.74 Å². The summed E-state index contributed by atoms with van der Waals surface area (Å²) in [5.41, 5.74) is 1.91. The Balaban J connectivity index is 2.41. The van der Waals surface area contributed by atoms with Gasteiger partial charge in [-0.2, -0.15) is 0 Å². The van der Waals surface area contributed by atoms with Gasteiger partial charge in [-0.3, -0.25) is 0 Å². The normalized spacial score (nSPS) is 12.5. The molecule has 19 heavy (non-hydrogen) atoms. The zero-order chi connectivity index (χ0) is 14.0. The van der Waals surface area contributed by atoms with Crippen molar-refractivity contribution < 1.29 is 9.84 Å². The second-order valence-corrected chi connectivity index (χ2v) is 7.40. The van der Waals surface area contributed by atoms with E-state index in [0.29, 0.717) is 6.61 Å². The summed E-state index contributed by atoms with van der Waals surface area (Å²) in [4.78, 5) is 0.880. The minimum atomic E-state index is -0.672. The molecule has 1 N–H and O–H groups in total. The van der Waals surface area contributed by atoms with Crippen molar-refractivity contribution in [2.45, 2.75) is 20.0 Å². The number of hydrogen-bond acceptors (Lipinski definition) is 3. The summed E-state index contributed by atoms with van der Waals surface area (Å²) in [6.07, 6.45) is -0.672. The third-order valence-corrected chi connectivity index (χ3v) is 6.00. The van der Waals surface area contributed by atoms with Crippen LogP contribution in [0.2, 0.25) is 0 Å². The fraction of sp³-hybridized carbons (Fsp3) is 0.286. The van der Waals surface area contributed by atoms with Crippen LogP contribution in [0.1, 0.15) is 29.0 Å². The minimum Gasteiger partial charge on any atom is -0.493 e. The molecule has 1 aromatic heterocycles. The highest BCUT2D eigenvalue weighted by atomic mass is 79.9. The lowest BCUT2D eigenvalue weighted by Crippen LogP contribution is -2.03. The first-order chi connectivity index (χ1) is 9.02. The number of rotatable bonds is 4. The van der Waals surface area contributed by atoms with Crippen molar-refractivity contribution in [2.75, 3.05) is 6.61 Å². The Morgan fingerprint density at radius 2 is 2.05 bits per heavy atom. The van der Waals surface area contributed by atoms with Crippen LogP contribution in [-0.4, -0.2) is 11.7 Å². The van der Waals surface area contributed by atoms with Gasteiger partial charge in [0.15, 0.2) is 0 Å². The van der Waals surface area contributed by atoms with Gasteiger partial charge in [-0.25, -0.2) is 0 Å². The Morgan fingerprint density at radius 3 is 2.63 bits per heavy atom. The van der Waals surface area contributed by atoms with Gasteiger partial charge in [-0.05, 0) is 63.9 Å². The van der Waals surface area contributed by atoms with E-state index in [1.165, 1.54) is 11.3 Å². The number of aliphatic hydroxyl groups is 1. The van der Waals surface area contributed by atoms with E-state index in [-0.39, 0.29) is 0 Å². The van der Waals surface area contributed by atoms with Gasteiger partial charge in [0.05, 0.1) is 10.4 Å². The van der Waals surface area contributed by atoms with Crippen molar-refractivity contribution in [1.29, 1.82) is 0 Å². The summed E-state index contributed by atoms with van der Waals surface area (Å²) >= 11 is 8.41. The zero-order valence-corrected chi connectivity index (χ0v) is 14.6. The van der Waals surface area contributed by atoms with Crippen molar-refractivity contribution in [2.24, 2.45) is 0 Å². The lowest BCUT2D eigenvalue weighted by atomic mass is 10.0. The van der Waals surface area contributed by atoms with Gasteiger partial charge in [0.25, 0.3) is 0 Å². The SMILES string of the molecule is CCOc1ccc(C)cc1C(O)c1cc(Br)c(Br)s1. The second-order valence-electron chi connectivity index (χ2n) is 4.15. The maximum Gasteiger partial charge on any atom is 0.125 e. The van der Waals surface area contributed by atoms with E-state index in [0.717, 1.165) is 30.0 Å². The fourth-order valence-electron chi connectivity index (χ4n) is 1.82. The molecule has 0 spiro atoms. The summed E-state index contributed by atoms with van der Waals surface area (Å²) in [5, 5.41) is 10.6. The maximum atomic E-state index is 10.6. The van der Waals surface area contributed by atoms with E-state index in [4.69, 9.17) is 4.74 Å². The Kier molecular flexibility index (Phi) is 5.06. The topological polar surface area (TPSA) is 29.5 Å². The molecule has 102 valence electrons. The molecular formula is C14H14Br2O2S. The van der Waals surface area contributed by atoms with Crippen LogP contribution in [0.3, 0.4) is 0 Å². The van der Waals surface area contributed by atoms with Gasteiger partial charge in [-0.1, -0.05) is 11.6 Å². The molecular weight excluding hydrogens is 392 g/mol. The molecule has 5 heteroatoms. The number of halogens is 2. The third kappa shape index (κ3) is 3.40. The predicted molar refractivity (Wildman–Crippen MR) is 86.1 cm³/mol. The van der Waals surface area contributed by atoms with E-state index in [2.05, 4.69) is 31.9 Å². The van der Waals surface area contributed by atoms with Gasteiger partial charge in [0.2, 0.25) is 0 Å². The molecule has 2 nitrogen and oxygen atoms in total. The Bertz CT molecular complexity index is 561. The average Bonchev–Trinajstić information content (AvgIpc) is 2.71. The van der Waals surface area contributed by atoms with E-state index >= 15 is 0 Å². The van der Waals surface area contributed by atoms with Crippen molar-refractivity contribution >= 4 is 43.2 Å². The first kappa shape index (κ1) is 15.0. The van der Waals surface area contributed by atoms with E-state index in [9.17, 15) is 5.11 Å². The van der Waals surface area contributed by atoms with Crippen LogP contribution in [0.4, 0.5) is 0 Å². The molecule has 0 fully saturated rings. The molecule has 1 heterocycles. The van der Waals surface area contributed by atoms with Gasteiger partial charge in [0, 0.05) is 14.9 Å². The minimum absolute atomic E-state index is 0.584. The first-order valence-electron chi connectivity index (χ1n) is 5.89. The lowest BCUT2D eigenvalue weighted by Gasteiger charge is -2.15. The highest BCUT2D eigenvalue weighted by Crippen LogP contribution is 2.39. The predicted octanol–water partition coefficient (Wildman–Crippen LogP) is 5.06. The van der Waals surface area contributed by atoms with Crippen molar-refractivity contribution in [3.63, 3.8) is 0 Å². The van der Waals surface area contributed by atoms with Gasteiger partial charge < -0.3 is 9.84 Å². The largest absolute Gasteiger partial charge is 0.493 e. The molecule has 0 amide bonds. The molecule has 0 aliphatic heterocycles. The van der Waals surface area contributed by atoms with Gasteiger partial charge in [0.1, 0.15) is 11.9 Å². The van der Waals surface area contributed by atoms with Crippen molar-refractivity contribution in [1.82, 2.24) is 0 Å². The van der Waals surface area contributed by atoms with Crippen molar-refractivity contribution in [3.05, 3.63) is 48.5 Å². The van der Waals surface area contributed by atoms with Crippen LogP contribution in [0.25, 0.3) is 0 Å². The number of ether oxygens (including phenoxy) is 1. The third-order valence-electron chi connectivity index (χ3n) is 2.69. The standard InChI is InChI=1S/C14H14Br2O2S/c1-3-18-11-5-4-8(2)6-9(11)13(17)12-7-10(15)14(16)19-12/h4-7,13,17H,3H2,1-2H3. The molecule has 0 bridgehead atoms. The monoisotopic (exact) mass is 404 g/mol. The molecule has 1 aromatic carbocycles. The molecule has 0 aliphatic rings. The summed E-state index contributed by atoms with van der Waals surface area (Å²) in [7, 11) is 0. The highest BCUT2D eigenvalue weighted by molar-refractivity contribution is 9.13. The molecule has 0 aliphatic carbocycles. The number of thiophene rings is 1. The second kappa shape index (κ2) is 6.39. The molecule has 1 atom stereocenters. The average molecular weight is 406 g/mol. The van der Waals surface area contributed by atoms with Crippen LogP contribution >= 0.6 is 43.2 Å². The molecule has 2 aromatic rings. The number of aryl methyl sites for hydroxylation is 1. The van der Waals surface area contributed by atoms with E-state index in [1.54, 1.807) is 0 Å². The Morgan fingerprint density at radius 1 is 1.32 bits per heavy atom. The summed E-state index contributed by atoms with van der Waals surface area (Å²) in [6, 6.07) is 7.80. The van der Waals surface area contributed by atoms with E-state index in [1.807, 2.05) is 38.1 Å². The molecule has 1 unspecified atom stereocenters. The van der Waals surface area contributed by atoms with Gasteiger partial charge in [-0.15, -0.1) is 11.3 Å². The number of aliphatic hydroxyl groups excluding tert-OH is 1. The summed E-state index contributed by atoms with van der Waals surface area (Å²) in [6.45, 7) is 4.53. The van der Waals surface area contributed by atoms with Crippen LogP contribution in [-0.2, 0) is 0 Å². The smallest absolute Gasteiger partial charge is 0.125 e. The fourth-order valence-corrected chi connectivity index (χ4v) is 3.91. The molecule has 0 saturated carbocycles. The number of benzene rings is 1.